The second-order valence-corrected chi connectivity index (χ2v) is 7.70. The fraction of sp³-hybridized carbons (Fsp3) is 1.00. The van der Waals surface area contributed by atoms with Crippen molar-refractivity contribution in [2.75, 3.05) is 0 Å². The zero-order valence-corrected chi connectivity index (χ0v) is 12.0. The van der Waals surface area contributed by atoms with Gasteiger partial charge in [0.2, 0.25) is 0 Å². The van der Waals surface area contributed by atoms with Gasteiger partial charge in [-0.1, -0.05) is 40.0 Å². The molecular weight excluding hydrogens is 208 g/mol. The monoisotopic (exact) mass is 238 g/mol. The minimum Gasteiger partial charge on any atom is -0.390 e. The van der Waals surface area contributed by atoms with E-state index in [1.54, 1.807) is 0 Å². The van der Waals surface area contributed by atoms with E-state index in [-0.39, 0.29) is 5.60 Å². The van der Waals surface area contributed by atoms with E-state index in [1.165, 1.54) is 38.5 Å². The molecule has 0 aromatic carbocycles. The Morgan fingerprint density at radius 3 is 2.35 bits per heavy atom. The van der Waals surface area contributed by atoms with Crippen molar-refractivity contribution in [2.24, 2.45) is 17.3 Å². The summed E-state index contributed by atoms with van der Waals surface area (Å²) in [6, 6.07) is 0. The normalized spacial score (nSPS) is 35.6. The maximum atomic E-state index is 10.7. The lowest BCUT2D eigenvalue weighted by molar-refractivity contribution is 0.0108. The Kier molecular flexibility index (Phi) is 3.87. The van der Waals surface area contributed by atoms with Crippen molar-refractivity contribution >= 4 is 0 Å². The van der Waals surface area contributed by atoms with Gasteiger partial charge >= 0.3 is 0 Å². The average molecular weight is 238 g/mol. The topological polar surface area (TPSA) is 20.2 Å². The molecule has 1 nitrogen and oxygen atoms in total. The van der Waals surface area contributed by atoms with Crippen molar-refractivity contribution in [1.82, 2.24) is 0 Å². The van der Waals surface area contributed by atoms with Gasteiger partial charge in [0.15, 0.2) is 0 Å². The van der Waals surface area contributed by atoms with Crippen molar-refractivity contribution < 1.29 is 5.11 Å². The quantitative estimate of drug-likeness (QED) is 0.716. The van der Waals surface area contributed by atoms with Crippen LogP contribution in [0.5, 0.6) is 0 Å². The Morgan fingerprint density at radius 2 is 1.76 bits per heavy atom. The highest BCUT2D eigenvalue weighted by molar-refractivity contribution is 4.88. The number of aliphatic hydroxyl groups is 1. The number of hydrogen-bond donors (Lipinski definition) is 1. The Balaban J connectivity index is 1.84. The minimum absolute atomic E-state index is 0.317. The summed E-state index contributed by atoms with van der Waals surface area (Å²) in [6.07, 6.45) is 11.0. The highest BCUT2D eigenvalue weighted by Crippen LogP contribution is 2.43. The first-order valence-corrected chi connectivity index (χ1v) is 7.61. The van der Waals surface area contributed by atoms with E-state index in [4.69, 9.17) is 0 Å². The molecule has 2 atom stereocenters. The van der Waals surface area contributed by atoms with Gasteiger partial charge in [-0.3, -0.25) is 0 Å². The predicted molar refractivity (Wildman–Crippen MR) is 72.9 cm³/mol. The molecule has 0 aromatic rings. The van der Waals surface area contributed by atoms with Crippen LogP contribution < -0.4 is 0 Å². The third kappa shape index (κ3) is 3.98. The van der Waals surface area contributed by atoms with Gasteiger partial charge < -0.3 is 5.11 Å². The summed E-state index contributed by atoms with van der Waals surface area (Å²) in [5.41, 5.74) is 0.102. The molecule has 100 valence electrons. The lowest BCUT2D eigenvalue weighted by Gasteiger charge is -2.31. The van der Waals surface area contributed by atoms with Gasteiger partial charge in [0, 0.05) is 0 Å². The fourth-order valence-electron chi connectivity index (χ4n) is 3.39. The molecule has 0 amide bonds. The van der Waals surface area contributed by atoms with Crippen LogP contribution in [0.15, 0.2) is 0 Å². The Bertz CT molecular complexity index is 249. The van der Waals surface area contributed by atoms with E-state index in [1.807, 2.05) is 0 Å². The molecule has 1 heteroatoms. The molecule has 0 radical (unpaired) electrons. The highest BCUT2D eigenvalue weighted by Gasteiger charge is 2.35. The molecule has 0 aromatic heterocycles. The van der Waals surface area contributed by atoms with E-state index in [0.29, 0.717) is 5.41 Å². The molecule has 2 aliphatic carbocycles. The van der Waals surface area contributed by atoms with E-state index in [9.17, 15) is 5.11 Å². The molecule has 2 aliphatic rings. The maximum absolute atomic E-state index is 10.7. The van der Waals surface area contributed by atoms with Crippen LogP contribution in [-0.2, 0) is 0 Å². The van der Waals surface area contributed by atoms with Crippen LogP contribution in [0.25, 0.3) is 0 Å². The molecule has 2 fully saturated rings. The molecular formula is C16H30O. The van der Waals surface area contributed by atoms with Gasteiger partial charge in [-0.25, -0.2) is 0 Å². The summed E-state index contributed by atoms with van der Waals surface area (Å²) in [5, 5.41) is 10.7. The van der Waals surface area contributed by atoms with Gasteiger partial charge in [0.05, 0.1) is 5.60 Å². The second kappa shape index (κ2) is 4.91. The molecule has 1 N–H and O–H groups in total. The zero-order chi connectivity index (χ0) is 12.5. The van der Waals surface area contributed by atoms with Crippen LogP contribution in [0.1, 0.15) is 78.6 Å². The first-order valence-electron chi connectivity index (χ1n) is 7.61. The van der Waals surface area contributed by atoms with Gasteiger partial charge in [-0.2, -0.15) is 0 Å². The first-order chi connectivity index (χ1) is 7.89. The minimum atomic E-state index is -0.317. The molecule has 17 heavy (non-hydrogen) atoms. The predicted octanol–water partition coefficient (Wildman–Crippen LogP) is 4.53. The third-order valence-corrected chi connectivity index (χ3v) is 5.09. The lowest BCUT2D eigenvalue weighted by atomic mass is 9.76. The van der Waals surface area contributed by atoms with E-state index in [0.717, 1.165) is 31.1 Å². The summed E-state index contributed by atoms with van der Waals surface area (Å²) in [5.74, 6) is 1.76. The van der Waals surface area contributed by atoms with Crippen LogP contribution in [0.3, 0.4) is 0 Å². The van der Waals surface area contributed by atoms with Crippen molar-refractivity contribution in [2.45, 2.75) is 84.2 Å². The summed E-state index contributed by atoms with van der Waals surface area (Å²) in [6.45, 7) is 7.06. The Labute approximate surface area is 107 Å². The molecule has 0 heterocycles. The highest BCUT2D eigenvalue weighted by atomic mass is 16.3. The van der Waals surface area contributed by atoms with Gasteiger partial charge in [-0.15, -0.1) is 0 Å². The summed E-state index contributed by atoms with van der Waals surface area (Å²) in [7, 11) is 0. The van der Waals surface area contributed by atoms with Crippen LogP contribution >= 0.6 is 0 Å². The first kappa shape index (κ1) is 13.4. The van der Waals surface area contributed by atoms with Gasteiger partial charge in [0.1, 0.15) is 0 Å². The van der Waals surface area contributed by atoms with Gasteiger partial charge in [0.25, 0.3) is 0 Å². The molecule has 0 saturated heterocycles. The van der Waals surface area contributed by atoms with Crippen molar-refractivity contribution in [3.05, 3.63) is 0 Å². The smallest absolute Gasteiger partial charge is 0.0648 e. The lowest BCUT2D eigenvalue weighted by Crippen LogP contribution is -2.28. The van der Waals surface area contributed by atoms with E-state index >= 15 is 0 Å². The second-order valence-electron chi connectivity index (χ2n) is 7.70. The van der Waals surface area contributed by atoms with E-state index < -0.39 is 0 Å². The van der Waals surface area contributed by atoms with Crippen LogP contribution in [0.2, 0.25) is 0 Å². The fourth-order valence-corrected chi connectivity index (χ4v) is 3.39. The maximum Gasteiger partial charge on any atom is 0.0648 e. The Morgan fingerprint density at radius 1 is 1.06 bits per heavy atom. The van der Waals surface area contributed by atoms with Crippen molar-refractivity contribution in [1.29, 1.82) is 0 Å². The summed E-state index contributed by atoms with van der Waals surface area (Å²) >= 11 is 0. The molecule has 0 spiro atoms. The SMILES string of the molecule is CC(C)(C)C1CCCC(O)(CCC2CC2)CC1. The third-order valence-electron chi connectivity index (χ3n) is 5.09. The molecule has 0 aliphatic heterocycles. The zero-order valence-electron chi connectivity index (χ0n) is 12.0. The standard InChI is InChI=1S/C16H30O/c1-15(2,3)14-5-4-10-16(17,12-9-14)11-8-13-6-7-13/h13-14,17H,4-12H2,1-3H3. The van der Waals surface area contributed by atoms with Crippen LogP contribution in [-0.4, -0.2) is 10.7 Å². The average Bonchev–Trinajstić information content (AvgIpc) is 3.00. The molecule has 2 unspecified atom stereocenters. The number of rotatable bonds is 3. The van der Waals surface area contributed by atoms with Crippen LogP contribution in [0, 0.1) is 17.3 Å². The van der Waals surface area contributed by atoms with Gasteiger partial charge in [-0.05, 0) is 55.8 Å². The summed E-state index contributed by atoms with van der Waals surface area (Å²) < 4.78 is 0. The molecule has 2 saturated carbocycles. The van der Waals surface area contributed by atoms with E-state index in [2.05, 4.69) is 20.8 Å². The van der Waals surface area contributed by atoms with Crippen molar-refractivity contribution in [3.8, 4) is 0 Å². The molecule has 2 rings (SSSR count). The van der Waals surface area contributed by atoms with Crippen LogP contribution in [0.4, 0.5) is 0 Å². The molecule has 0 bridgehead atoms. The number of hydrogen-bond acceptors (Lipinski definition) is 1. The largest absolute Gasteiger partial charge is 0.390 e. The van der Waals surface area contributed by atoms with Crippen molar-refractivity contribution in [3.63, 3.8) is 0 Å². The summed E-state index contributed by atoms with van der Waals surface area (Å²) in [4.78, 5) is 0. The Hall–Kier alpha value is -0.0400.